The highest BCUT2D eigenvalue weighted by Gasteiger charge is 2.12. The average molecular weight is 495 g/mol. The zero-order chi connectivity index (χ0) is 22.6. The Morgan fingerprint density at radius 1 is 0.636 bits per heavy atom. The second kappa shape index (κ2) is 10.2. The van der Waals surface area contributed by atoms with Crippen LogP contribution in [0.3, 0.4) is 0 Å². The zero-order valence-electron chi connectivity index (χ0n) is 18.8. The number of fused-ring (bicyclic) bond motifs is 2. The van der Waals surface area contributed by atoms with Crippen LogP contribution < -0.4 is 9.47 Å². The molecular formula is C26H26N2O2S3. The predicted molar refractivity (Wildman–Crippen MR) is 142 cm³/mol. The van der Waals surface area contributed by atoms with Gasteiger partial charge in [0.2, 0.25) is 11.8 Å². The highest BCUT2D eigenvalue weighted by Crippen LogP contribution is 2.43. The molecule has 4 nitrogen and oxygen atoms in total. The lowest BCUT2D eigenvalue weighted by Crippen LogP contribution is -1.97. The highest BCUT2D eigenvalue weighted by atomic mass is 32.1. The number of hydrogen-bond donors (Lipinski definition) is 0. The molecule has 0 aromatic carbocycles. The summed E-state index contributed by atoms with van der Waals surface area (Å²) in [4.78, 5) is 14.0. The minimum absolute atomic E-state index is 0.712. The van der Waals surface area contributed by atoms with E-state index >= 15 is 0 Å². The van der Waals surface area contributed by atoms with Crippen molar-refractivity contribution < 1.29 is 9.47 Å². The average Bonchev–Trinajstić information content (AvgIpc) is 3.56. The van der Waals surface area contributed by atoms with Crippen molar-refractivity contribution in [1.82, 2.24) is 9.97 Å². The Kier molecular flexibility index (Phi) is 6.90. The fourth-order valence-corrected chi connectivity index (χ4v) is 6.69. The summed E-state index contributed by atoms with van der Waals surface area (Å²) in [6, 6.07) is 13.0. The maximum Gasteiger partial charge on any atom is 0.213 e. The molecule has 0 N–H and O–H groups in total. The van der Waals surface area contributed by atoms with Gasteiger partial charge in [0.15, 0.2) is 0 Å². The van der Waals surface area contributed by atoms with E-state index in [0.717, 1.165) is 38.9 Å². The van der Waals surface area contributed by atoms with Crippen LogP contribution in [-0.4, -0.2) is 23.2 Å². The maximum absolute atomic E-state index is 5.78. The van der Waals surface area contributed by atoms with Crippen molar-refractivity contribution in [3.63, 3.8) is 0 Å². The van der Waals surface area contributed by atoms with E-state index in [1.165, 1.54) is 39.7 Å². The second-order valence-electron chi connectivity index (χ2n) is 7.91. The molecule has 7 heteroatoms. The van der Waals surface area contributed by atoms with Gasteiger partial charge in [-0.2, -0.15) is 0 Å². The standard InChI is InChI=1S/C26H26N2O2S3/c1-3-5-9-29-25-13-17-11-21(32-23(17)15-27-25)19-7-8-20(31-19)22-12-18-14-26(30-10-6-4-2)28-16-24(18)33-22/h7-8,11-16H,3-6,9-10H2,1-2H3. The predicted octanol–water partition coefficient (Wildman–Crippen LogP) is 8.66. The molecular weight excluding hydrogens is 468 g/mol. The van der Waals surface area contributed by atoms with Crippen molar-refractivity contribution in [1.29, 1.82) is 0 Å². The van der Waals surface area contributed by atoms with Gasteiger partial charge in [0.05, 0.1) is 22.6 Å². The summed E-state index contributed by atoms with van der Waals surface area (Å²) in [5, 5.41) is 2.38. The Balaban J connectivity index is 1.36. The van der Waals surface area contributed by atoms with Gasteiger partial charge in [0.25, 0.3) is 0 Å². The number of thiophene rings is 3. The fourth-order valence-electron chi connectivity index (χ4n) is 3.50. The zero-order valence-corrected chi connectivity index (χ0v) is 21.2. The maximum atomic E-state index is 5.78. The van der Waals surface area contributed by atoms with Gasteiger partial charge in [0, 0.05) is 54.8 Å². The van der Waals surface area contributed by atoms with Crippen LogP contribution >= 0.6 is 34.0 Å². The molecule has 0 aliphatic heterocycles. The first-order valence-corrected chi connectivity index (χ1v) is 13.8. The Morgan fingerprint density at radius 2 is 1.12 bits per heavy atom. The first kappa shape index (κ1) is 22.3. The lowest BCUT2D eigenvalue weighted by atomic mass is 10.2. The van der Waals surface area contributed by atoms with Crippen LogP contribution in [0.15, 0.2) is 48.8 Å². The first-order valence-electron chi connectivity index (χ1n) is 11.4. The van der Waals surface area contributed by atoms with Crippen LogP contribution in [0.4, 0.5) is 0 Å². The van der Waals surface area contributed by atoms with E-state index in [9.17, 15) is 0 Å². The summed E-state index contributed by atoms with van der Waals surface area (Å²) in [7, 11) is 0. The van der Waals surface area contributed by atoms with Crippen LogP contribution in [0.1, 0.15) is 39.5 Å². The third-order valence-electron chi connectivity index (χ3n) is 5.35. The Morgan fingerprint density at radius 3 is 1.58 bits per heavy atom. The number of aromatic nitrogens is 2. The van der Waals surface area contributed by atoms with Gasteiger partial charge in [-0.15, -0.1) is 34.0 Å². The summed E-state index contributed by atoms with van der Waals surface area (Å²) in [6.45, 7) is 5.77. The molecule has 0 saturated heterocycles. The minimum atomic E-state index is 0.712. The number of ether oxygens (including phenoxy) is 2. The molecule has 5 heterocycles. The largest absolute Gasteiger partial charge is 0.478 e. The molecule has 0 fully saturated rings. The van der Waals surface area contributed by atoms with E-state index in [4.69, 9.17) is 9.47 Å². The molecule has 5 rings (SSSR count). The Labute approximate surface area is 205 Å². The summed E-state index contributed by atoms with van der Waals surface area (Å²) in [5.74, 6) is 1.42. The summed E-state index contributed by atoms with van der Waals surface area (Å²) < 4.78 is 13.9. The topological polar surface area (TPSA) is 44.2 Å². The second-order valence-corrected chi connectivity index (χ2v) is 11.2. The third kappa shape index (κ3) is 5.05. The van der Waals surface area contributed by atoms with Crippen molar-refractivity contribution in [2.75, 3.05) is 13.2 Å². The van der Waals surface area contributed by atoms with E-state index in [1.54, 1.807) is 22.7 Å². The summed E-state index contributed by atoms with van der Waals surface area (Å²) >= 11 is 5.39. The normalized spacial score (nSPS) is 11.5. The van der Waals surface area contributed by atoms with Crippen LogP contribution in [0.2, 0.25) is 0 Å². The molecule has 170 valence electrons. The molecule has 0 amide bonds. The minimum Gasteiger partial charge on any atom is -0.478 e. The van der Waals surface area contributed by atoms with Gasteiger partial charge in [-0.25, -0.2) is 9.97 Å². The van der Waals surface area contributed by atoms with Crippen molar-refractivity contribution in [3.05, 3.63) is 48.8 Å². The molecule has 0 saturated carbocycles. The number of rotatable bonds is 10. The Bertz CT molecular complexity index is 1270. The molecule has 0 aliphatic rings. The molecule has 0 atom stereocenters. The Hall–Kier alpha value is -2.48. The molecule has 5 aromatic heterocycles. The molecule has 5 aromatic rings. The highest BCUT2D eigenvalue weighted by molar-refractivity contribution is 7.29. The van der Waals surface area contributed by atoms with Crippen LogP contribution in [-0.2, 0) is 0 Å². The molecule has 0 bridgehead atoms. The van der Waals surface area contributed by atoms with E-state index < -0.39 is 0 Å². The monoisotopic (exact) mass is 494 g/mol. The quantitative estimate of drug-likeness (QED) is 0.182. The van der Waals surface area contributed by atoms with Gasteiger partial charge < -0.3 is 9.47 Å². The van der Waals surface area contributed by atoms with Crippen molar-refractivity contribution >= 4 is 54.2 Å². The molecule has 0 aliphatic carbocycles. The first-order chi connectivity index (χ1) is 16.2. The molecule has 0 unspecified atom stereocenters. The van der Waals surface area contributed by atoms with Crippen molar-refractivity contribution in [2.24, 2.45) is 0 Å². The van der Waals surface area contributed by atoms with Crippen molar-refractivity contribution in [3.8, 4) is 31.3 Å². The summed E-state index contributed by atoms with van der Waals surface area (Å²) in [6.07, 6.45) is 8.20. The molecule has 0 radical (unpaired) electrons. The molecule has 33 heavy (non-hydrogen) atoms. The van der Waals surface area contributed by atoms with Gasteiger partial charge >= 0.3 is 0 Å². The van der Waals surface area contributed by atoms with E-state index in [0.29, 0.717) is 11.8 Å². The fraction of sp³-hybridized carbons (Fsp3) is 0.308. The number of nitrogens with zero attached hydrogens (tertiary/aromatic N) is 2. The van der Waals surface area contributed by atoms with Gasteiger partial charge in [-0.1, -0.05) is 26.7 Å². The molecule has 0 spiro atoms. The van der Waals surface area contributed by atoms with E-state index in [-0.39, 0.29) is 0 Å². The smallest absolute Gasteiger partial charge is 0.213 e. The van der Waals surface area contributed by atoms with E-state index in [2.05, 4.69) is 60.2 Å². The number of pyridine rings is 2. The van der Waals surface area contributed by atoms with Crippen LogP contribution in [0.5, 0.6) is 11.8 Å². The number of hydrogen-bond acceptors (Lipinski definition) is 7. The lowest BCUT2D eigenvalue weighted by Gasteiger charge is -2.03. The van der Waals surface area contributed by atoms with E-state index in [1.807, 2.05) is 23.7 Å². The van der Waals surface area contributed by atoms with Gasteiger partial charge in [-0.3, -0.25) is 0 Å². The van der Waals surface area contributed by atoms with Gasteiger partial charge in [-0.05, 0) is 37.1 Å². The van der Waals surface area contributed by atoms with Gasteiger partial charge in [0.1, 0.15) is 0 Å². The number of unbranched alkanes of at least 4 members (excludes halogenated alkanes) is 2. The SMILES string of the molecule is CCCCOc1cc2cc(-c3ccc(-c4cc5cc(OCCCC)ncc5s4)s3)sc2cn1. The third-order valence-corrected chi connectivity index (χ3v) is 8.99. The van der Waals surface area contributed by atoms with Crippen LogP contribution in [0, 0.1) is 0 Å². The van der Waals surface area contributed by atoms with Crippen LogP contribution in [0.25, 0.3) is 39.7 Å². The lowest BCUT2D eigenvalue weighted by molar-refractivity contribution is 0.298. The van der Waals surface area contributed by atoms with Crippen molar-refractivity contribution in [2.45, 2.75) is 39.5 Å². The summed E-state index contributed by atoms with van der Waals surface area (Å²) in [5.41, 5.74) is 0.